The van der Waals surface area contributed by atoms with Crippen LogP contribution >= 0.6 is 0 Å². The van der Waals surface area contributed by atoms with E-state index in [4.69, 9.17) is 14.2 Å². The molecule has 0 heterocycles. The molecule has 0 radical (unpaired) electrons. The van der Waals surface area contributed by atoms with Crippen LogP contribution in [0.4, 0.5) is 0 Å². The Balaban J connectivity index is 2.65. The lowest BCUT2D eigenvalue weighted by molar-refractivity contribution is 0.143. The predicted molar refractivity (Wildman–Crippen MR) is 120 cm³/mol. The molecular formula is C24H43NO4. The molecule has 0 aliphatic carbocycles. The van der Waals surface area contributed by atoms with Crippen LogP contribution in [0.25, 0.3) is 0 Å². The van der Waals surface area contributed by atoms with Crippen molar-refractivity contribution in [2.24, 2.45) is 11.8 Å². The normalized spacial score (nSPS) is 14.6. The maximum Gasteiger partial charge on any atom is 0.161 e. The lowest BCUT2D eigenvalue weighted by Gasteiger charge is -2.24. The Morgan fingerprint density at radius 2 is 1.79 bits per heavy atom. The summed E-state index contributed by atoms with van der Waals surface area (Å²) in [6.07, 6.45) is 4.44. The van der Waals surface area contributed by atoms with E-state index in [-0.39, 0.29) is 6.10 Å². The average molecular weight is 410 g/mol. The average Bonchev–Trinajstić information content (AvgIpc) is 2.72. The van der Waals surface area contributed by atoms with Crippen molar-refractivity contribution in [2.45, 2.75) is 71.9 Å². The third-order valence-electron chi connectivity index (χ3n) is 5.60. The van der Waals surface area contributed by atoms with Gasteiger partial charge in [-0.1, -0.05) is 26.8 Å². The second-order valence-electron chi connectivity index (χ2n) is 8.34. The molecule has 3 atom stereocenters. The maximum atomic E-state index is 10.3. The summed E-state index contributed by atoms with van der Waals surface area (Å²) in [5.74, 6) is 2.63. The summed E-state index contributed by atoms with van der Waals surface area (Å²) in [6.45, 7) is 10.8. The van der Waals surface area contributed by atoms with E-state index in [0.717, 1.165) is 43.6 Å². The smallest absolute Gasteiger partial charge is 0.161 e. The minimum absolute atomic E-state index is 0.291. The number of methoxy groups -OCH3 is 2. The molecule has 0 saturated heterocycles. The van der Waals surface area contributed by atoms with E-state index in [1.807, 2.05) is 6.07 Å². The fraction of sp³-hybridized carbons (Fsp3) is 0.750. The summed E-state index contributed by atoms with van der Waals surface area (Å²) in [7, 11) is 3.37. The molecule has 1 rings (SSSR count). The Kier molecular flexibility index (Phi) is 13.0. The first-order chi connectivity index (χ1) is 13.9. The number of aliphatic hydroxyl groups excluding tert-OH is 1. The van der Waals surface area contributed by atoms with Gasteiger partial charge >= 0.3 is 0 Å². The molecule has 1 aromatic carbocycles. The fourth-order valence-corrected chi connectivity index (χ4v) is 3.31. The zero-order valence-electron chi connectivity index (χ0n) is 19.4. The quantitative estimate of drug-likeness (QED) is 0.395. The largest absolute Gasteiger partial charge is 0.493 e. The Labute approximate surface area is 178 Å². The monoisotopic (exact) mass is 409 g/mol. The van der Waals surface area contributed by atoms with E-state index < -0.39 is 0 Å². The Hall–Kier alpha value is -1.30. The Morgan fingerprint density at radius 3 is 2.41 bits per heavy atom. The van der Waals surface area contributed by atoms with Crippen LogP contribution in [-0.2, 0) is 11.2 Å². The molecule has 2 N–H and O–H groups in total. The molecular weight excluding hydrogens is 366 g/mol. The molecule has 0 bridgehead atoms. The molecule has 0 aliphatic rings. The zero-order chi connectivity index (χ0) is 21.6. The minimum Gasteiger partial charge on any atom is -0.493 e. The molecule has 0 spiro atoms. The van der Waals surface area contributed by atoms with Crippen LogP contribution in [0.15, 0.2) is 18.2 Å². The summed E-state index contributed by atoms with van der Waals surface area (Å²) >= 11 is 0. The fourth-order valence-electron chi connectivity index (χ4n) is 3.31. The van der Waals surface area contributed by atoms with Crippen LogP contribution < -0.4 is 14.8 Å². The number of ether oxygens (including phenoxy) is 3. The van der Waals surface area contributed by atoms with Gasteiger partial charge in [0.2, 0.25) is 0 Å². The highest BCUT2D eigenvalue weighted by atomic mass is 16.5. The van der Waals surface area contributed by atoms with Crippen molar-refractivity contribution < 1.29 is 19.3 Å². The molecule has 1 aromatic rings. The zero-order valence-corrected chi connectivity index (χ0v) is 19.4. The summed E-state index contributed by atoms with van der Waals surface area (Å²) < 4.78 is 16.5. The molecule has 0 fully saturated rings. The topological polar surface area (TPSA) is 60.0 Å². The van der Waals surface area contributed by atoms with Gasteiger partial charge in [-0.25, -0.2) is 0 Å². The van der Waals surface area contributed by atoms with Crippen LogP contribution in [0.2, 0.25) is 0 Å². The van der Waals surface area contributed by atoms with Gasteiger partial charge in [0, 0.05) is 32.7 Å². The Morgan fingerprint density at radius 1 is 1.03 bits per heavy atom. The van der Waals surface area contributed by atoms with Crippen molar-refractivity contribution >= 4 is 0 Å². The van der Waals surface area contributed by atoms with Crippen LogP contribution in [-0.4, -0.2) is 51.2 Å². The van der Waals surface area contributed by atoms with Crippen molar-refractivity contribution in [3.05, 3.63) is 23.8 Å². The predicted octanol–water partition coefficient (Wildman–Crippen LogP) is 4.45. The molecule has 0 aromatic heterocycles. The number of rotatable bonds is 16. The van der Waals surface area contributed by atoms with E-state index >= 15 is 0 Å². The molecule has 5 heteroatoms. The molecule has 0 amide bonds. The first kappa shape index (κ1) is 25.7. The lowest BCUT2D eigenvalue weighted by Crippen LogP contribution is -2.33. The maximum absolute atomic E-state index is 10.3. The molecule has 5 nitrogen and oxygen atoms in total. The van der Waals surface area contributed by atoms with Crippen LogP contribution in [0.5, 0.6) is 11.5 Å². The number of aliphatic hydroxyl groups is 1. The number of benzene rings is 1. The van der Waals surface area contributed by atoms with Gasteiger partial charge in [0.05, 0.1) is 19.8 Å². The van der Waals surface area contributed by atoms with Crippen molar-refractivity contribution in [2.75, 3.05) is 34.0 Å². The summed E-state index contributed by atoms with van der Waals surface area (Å²) in [4.78, 5) is 0. The van der Waals surface area contributed by atoms with Crippen LogP contribution in [0, 0.1) is 11.8 Å². The van der Waals surface area contributed by atoms with E-state index in [1.54, 1.807) is 14.2 Å². The van der Waals surface area contributed by atoms with E-state index in [9.17, 15) is 5.11 Å². The highest BCUT2D eigenvalue weighted by Crippen LogP contribution is 2.31. The van der Waals surface area contributed by atoms with Gasteiger partial charge in [0.15, 0.2) is 11.5 Å². The minimum atomic E-state index is -0.291. The summed E-state index contributed by atoms with van der Waals surface area (Å²) in [6, 6.07) is 6.66. The Bertz CT molecular complexity index is 550. The highest BCUT2D eigenvalue weighted by Gasteiger charge is 2.18. The van der Waals surface area contributed by atoms with Gasteiger partial charge in [0.25, 0.3) is 0 Å². The number of hydrogen-bond acceptors (Lipinski definition) is 5. The third-order valence-corrected chi connectivity index (χ3v) is 5.60. The number of hydrogen-bond donors (Lipinski definition) is 2. The van der Waals surface area contributed by atoms with Gasteiger partial charge in [-0.2, -0.15) is 0 Å². The lowest BCUT2D eigenvalue weighted by atomic mass is 9.85. The van der Waals surface area contributed by atoms with Crippen molar-refractivity contribution in [1.82, 2.24) is 5.32 Å². The van der Waals surface area contributed by atoms with Crippen molar-refractivity contribution in [1.29, 1.82) is 0 Å². The number of nitrogens with one attached hydrogen (secondary N) is 1. The standard InChI is InChI=1S/C24H43NO4/c1-7-19(4)25-17-22(26)11-10-21(18(2)3)15-20-9-12-23(28-6)24(16-20)29-14-8-13-27-5/h9,12,16,18-19,21-22,25-26H,7-8,10-11,13-15,17H2,1-6H3/t19-,21+,22+/m1/s1. The first-order valence-corrected chi connectivity index (χ1v) is 11.1. The summed E-state index contributed by atoms with van der Waals surface area (Å²) in [5, 5.41) is 13.7. The molecule has 29 heavy (non-hydrogen) atoms. The molecule has 0 aliphatic heterocycles. The molecule has 0 saturated carbocycles. The van der Waals surface area contributed by atoms with Gasteiger partial charge in [-0.15, -0.1) is 0 Å². The second-order valence-corrected chi connectivity index (χ2v) is 8.34. The van der Waals surface area contributed by atoms with Crippen LogP contribution in [0.1, 0.15) is 58.9 Å². The van der Waals surface area contributed by atoms with Gasteiger partial charge < -0.3 is 24.6 Å². The second kappa shape index (κ2) is 14.6. The van der Waals surface area contributed by atoms with Gasteiger partial charge in [-0.3, -0.25) is 0 Å². The first-order valence-electron chi connectivity index (χ1n) is 11.1. The van der Waals surface area contributed by atoms with Crippen molar-refractivity contribution in [3.63, 3.8) is 0 Å². The summed E-state index contributed by atoms with van der Waals surface area (Å²) in [5.41, 5.74) is 1.25. The third kappa shape index (κ3) is 10.3. The SMILES string of the molecule is CC[C@@H](C)NC[C@@H](O)CC[C@@H](Cc1ccc(OC)c(OCCCOC)c1)C(C)C. The van der Waals surface area contributed by atoms with Gasteiger partial charge in [0.1, 0.15) is 0 Å². The highest BCUT2D eigenvalue weighted by molar-refractivity contribution is 5.43. The van der Waals surface area contributed by atoms with E-state index in [0.29, 0.717) is 37.6 Å². The van der Waals surface area contributed by atoms with Gasteiger partial charge in [-0.05, 0) is 62.1 Å². The van der Waals surface area contributed by atoms with Crippen LogP contribution in [0.3, 0.4) is 0 Å². The van der Waals surface area contributed by atoms with E-state index in [2.05, 4.69) is 45.1 Å². The molecule has 168 valence electrons. The van der Waals surface area contributed by atoms with Crippen molar-refractivity contribution in [3.8, 4) is 11.5 Å². The van der Waals surface area contributed by atoms with E-state index in [1.165, 1.54) is 5.56 Å². The molecule has 0 unspecified atom stereocenters.